The molecule has 0 radical (unpaired) electrons. The second-order valence-corrected chi connectivity index (χ2v) is 4.36. The van der Waals surface area contributed by atoms with Gasteiger partial charge in [-0.25, -0.2) is 0 Å². The lowest BCUT2D eigenvalue weighted by molar-refractivity contribution is 1.47. The van der Waals surface area contributed by atoms with E-state index in [9.17, 15) is 4.79 Å². The fourth-order valence-corrected chi connectivity index (χ4v) is 2.31. The summed E-state index contributed by atoms with van der Waals surface area (Å²) in [6.07, 6.45) is 5.44. The molecule has 0 bridgehead atoms. The Balaban J connectivity index is 2.49. The number of benzene rings is 2. The summed E-state index contributed by atoms with van der Waals surface area (Å²) in [7, 11) is 0. The molecule has 3 rings (SSSR count). The molecule has 0 amide bonds. The summed E-state index contributed by atoms with van der Waals surface area (Å²) in [5.74, 6) is 0. The molecule has 0 aliphatic carbocycles. The Labute approximate surface area is 110 Å². The number of rotatable bonds is 2. The predicted molar refractivity (Wildman–Crippen MR) is 81.3 cm³/mol. The van der Waals surface area contributed by atoms with Crippen LogP contribution in [0, 0.1) is 0 Å². The largest absolute Gasteiger partial charge is 0.354 e. The predicted octanol–water partition coefficient (Wildman–Crippen LogP) is 3.88. The minimum absolute atomic E-state index is 0.0636. The molecule has 1 N–H and O–H groups in total. The lowest BCUT2D eigenvalue weighted by atomic mass is 10.0. The van der Waals surface area contributed by atoms with E-state index in [4.69, 9.17) is 0 Å². The third-order valence-corrected chi connectivity index (χ3v) is 3.18. The topological polar surface area (TPSA) is 32.9 Å². The minimum atomic E-state index is 0.0636. The van der Waals surface area contributed by atoms with Gasteiger partial charge in [0.2, 0.25) is 0 Å². The normalized spacial score (nSPS) is 11.4. The highest BCUT2D eigenvalue weighted by Crippen LogP contribution is 2.18. The van der Waals surface area contributed by atoms with Gasteiger partial charge < -0.3 is 4.98 Å². The average Bonchev–Trinajstić information content (AvgIpc) is 2.45. The summed E-state index contributed by atoms with van der Waals surface area (Å²) in [5, 5.41) is 1.44. The standard InChI is InChI=1S/C17H13NO/c1-2-3-7-12-8-6-11-15-16(12)17(19)13-9-4-5-10-14(13)18-15/h2-11H,1H2,(H,18,19)/b7-3+. The van der Waals surface area contributed by atoms with Gasteiger partial charge in [0.15, 0.2) is 5.43 Å². The maximum absolute atomic E-state index is 12.6. The minimum Gasteiger partial charge on any atom is -0.354 e. The molecule has 0 atom stereocenters. The molecule has 1 aromatic heterocycles. The van der Waals surface area contributed by atoms with E-state index < -0.39 is 0 Å². The summed E-state index contributed by atoms with van der Waals surface area (Å²) in [6, 6.07) is 13.4. The third kappa shape index (κ3) is 1.87. The van der Waals surface area contributed by atoms with Crippen LogP contribution in [0.15, 0.2) is 66.0 Å². The quantitative estimate of drug-likeness (QED) is 0.541. The highest BCUT2D eigenvalue weighted by atomic mass is 16.1. The van der Waals surface area contributed by atoms with Crippen molar-refractivity contribution in [2.75, 3.05) is 0 Å². The van der Waals surface area contributed by atoms with Gasteiger partial charge >= 0.3 is 0 Å². The van der Waals surface area contributed by atoms with Gasteiger partial charge in [0.25, 0.3) is 0 Å². The summed E-state index contributed by atoms with van der Waals surface area (Å²) in [4.78, 5) is 15.9. The maximum atomic E-state index is 12.6. The van der Waals surface area contributed by atoms with E-state index in [1.165, 1.54) is 0 Å². The molecule has 3 aromatic rings. The fraction of sp³-hybridized carbons (Fsp3) is 0. The van der Waals surface area contributed by atoms with Crippen molar-refractivity contribution in [3.05, 3.63) is 77.0 Å². The molecule has 0 spiro atoms. The SMILES string of the molecule is C=C/C=C/c1cccc2[nH]c3ccccc3c(=O)c12. The Morgan fingerprint density at radius 3 is 2.63 bits per heavy atom. The molecule has 19 heavy (non-hydrogen) atoms. The Morgan fingerprint density at radius 1 is 1.00 bits per heavy atom. The van der Waals surface area contributed by atoms with E-state index in [0.717, 1.165) is 27.4 Å². The van der Waals surface area contributed by atoms with Gasteiger partial charge in [-0.3, -0.25) is 4.79 Å². The number of nitrogens with one attached hydrogen (secondary N) is 1. The Hall–Kier alpha value is -2.61. The first-order valence-electron chi connectivity index (χ1n) is 6.14. The second-order valence-electron chi connectivity index (χ2n) is 4.36. The van der Waals surface area contributed by atoms with Gasteiger partial charge in [-0.15, -0.1) is 0 Å². The van der Waals surface area contributed by atoms with E-state index in [2.05, 4.69) is 11.6 Å². The van der Waals surface area contributed by atoms with Gasteiger partial charge in [-0.1, -0.05) is 49.1 Å². The number of hydrogen-bond acceptors (Lipinski definition) is 1. The molecule has 92 valence electrons. The first-order valence-corrected chi connectivity index (χ1v) is 6.14. The molecule has 0 aliphatic rings. The maximum Gasteiger partial charge on any atom is 0.197 e. The zero-order chi connectivity index (χ0) is 13.2. The monoisotopic (exact) mass is 247 g/mol. The van der Waals surface area contributed by atoms with Gasteiger partial charge in [0, 0.05) is 10.9 Å². The van der Waals surface area contributed by atoms with Gasteiger partial charge in [0.05, 0.1) is 10.9 Å². The van der Waals surface area contributed by atoms with Crippen molar-refractivity contribution in [3.8, 4) is 0 Å². The Morgan fingerprint density at radius 2 is 1.79 bits per heavy atom. The van der Waals surface area contributed by atoms with Crippen LogP contribution in [0.3, 0.4) is 0 Å². The lowest BCUT2D eigenvalue weighted by Crippen LogP contribution is -2.05. The van der Waals surface area contributed by atoms with E-state index in [-0.39, 0.29) is 5.43 Å². The lowest BCUT2D eigenvalue weighted by Gasteiger charge is -2.05. The molecular formula is C17H13NO. The van der Waals surface area contributed by atoms with Gasteiger partial charge in [-0.2, -0.15) is 0 Å². The molecule has 0 aliphatic heterocycles. The fourth-order valence-electron chi connectivity index (χ4n) is 2.31. The molecule has 2 nitrogen and oxygen atoms in total. The van der Waals surface area contributed by atoms with Crippen LogP contribution in [0.1, 0.15) is 5.56 Å². The van der Waals surface area contributed by atoms with Crippen LogP contribution in [0.4, 0.5) is 0 Å². The van der Waals surface area contributed by atoms with Crippen molar-refractivity contribution in [2.45, 2.75) is 0 Å². The van der Waals surface area contributed by atoms with Crippen LogP contribution in [-0.4, -0.2) is 4.98 Å². The van der Waals surface area contributed by atoms with Crippen molar-refractivity contribution in [2.24, 2.45) is 0 Å². The first kappa shape index (κ1) is 11.5. The third-order valence-electron chi connectivity index (χ3n) is 3.18. The highest BCUT2D eigenvalue weighted by Gasteiger charge is 2.07. The molecule has 2 heteroatoms. The van der Waals surface area contributed by atoms with E-state index >= 15 is 0 Å². The van der Waals surface area contributed by atoms with Crippen LogP contribution in [-0.2, 0) is 0 Å². The van der Waals surface area contributed by atoms with E-state index in [1.807, 2.05) is 54.6 Å². The van der Waals surface area contributed by atoms with Crippen molar-refractivity contribution >= 4 is 27.9 Å². The van der Waals surface area contributed by atoms with Crippen LogP contribution >= 0.6 is 0 Å². The number of fused-ring (bicyclic) bond motifs is 2. The first-order chi connectivity index (χ1) is 9.31. The number of aromatic nitrogens is 1. The summed E-state index contributed by atoms with van der Waals surface area (Å²) < 4.78 is 0. The van der Waals surface area contributed by atoms with Crippen LogP contribution in [0.2, 0.25) is 0 Å². The summed E-state index contributed by atoms with van der Waals surface area (Å²) in [6.45, 7) is 3.66. The van der Waals surface area contributed by atoms with E-state index in [0.29, 0.717) is 0 Å². The van der Waals surface area contributed by atoms with Gasteiger partial charge in [-0.05, 0) is 23.8 Å². The van der Waals surface area contributed by atoms with Crippen LogP contribution in [0.5, 0.6) is 0 Å². The number of pyridine rings is 1. The molecule has 0 saturated heterocycles. The number of allylic oxidation sites excluding steroid dienone is 2. The van der Waals surface area contributed by atoms with Gasteiger partial charge in [0.1, 0.15) is 0 Å². The zero-order valence-electron chi connectivity index (χ0n) is 10.4. The van der Waals surface area contributed by atoms with Crippen molar-refractivity contribution < 1.29 is 0 Å². The van der Waals surface area contributed by atoms with Crippen LogP contribution in [0.25, 0.3) is 27.9 Å². The molecule has 2 aromatic carbocycles. The Bertz CT molecular complexity index is 856. The molecule has 0 unspecified atom stereocenters. The van der Waals surface area contributed by atoms with Crippen molar-refractivity contribution in [1.29, 1.82) is 0 Å². The smallest absolute Gasteiger partial charge is 0.197 e. The molecule has 0 fully saturated rings. The van der Waals surface area contributed by atoms with E-state index in [1.54, 1.807) is 6.08 Å². The number of aromatic amines is 1. The molecule has 0 saturated carbocycles. The van der Waals surface area contributed by atoms with Crippen molar-refractivity contribution in [3.63, 3.8) is 0 Å². The molecule has 1 heterocycles. The summed E-state index contributed by atoms with van der Waals surface area (Å²) in [5.41, 5.74) is 2.69. The molecular weight excluding hydrogens is 234 g/mol. The number of H-pyrrole nitrogens is 1. The highest BCUT2D eigenvalue weighted by molar-refractivity contribution is 5.96. The second kappa shape index (κ2) is 4.58. The Kier molecular flexibility index (Phi) is 2.76. The zero-order valence-corrected chi connectivity index (χ0v) is 10.4. The van der Waals surface area contributed by atoms with Crippen molar-refractivity contribution in [1.82, 2.24) is 4.98 Å². The number of para-hydroxylation sites is 1. The average molecular weight is 247 g/mol. The number of hydrogen-bond donors (Lipinski definition) is 1. The summed E-state index contributed by atoms with van der Waals surface area (Å²) >= 11 is 0. The van der Waals surface area contributed by atoms with Crippen LogP contribution < -0.4 is 5.43 Å².